The van der Waals surface area contributed by atoms with Crippen LogP contribution >= 0.6 is 0 Å². The van der Waals surface area contributed by atoms with Crippen molar-refractivity contribution in [2.75, 3.05) is 18.5 Å². The Balaban J connectivity index is 1.38. The van der Waals surface area contributed by atoms with Gasteiger partial charge < -0.3 is 19.4 Å². The highest BCUT2D eigenvalue weighted by Crippen LogP contribution is 2.33. The third kappa shape index (κ3) is 4.37. The highest BCUT2D eigenvalue weighted by molar-refractivity contribution is 6.05. The number of rotatable bonds is 3. The molecule has 0 radical (unpaired) electrons. The Morgan fingerprint density at radius 3 is 2.62 bits per heavy atom. The summed E-state index contributed by atoms with van der Waals surface area (Å²) in [7, 11) is 0. The van der Waals surface area contributed by atoms with Crippen molar-refractivity contribution in [3.63, 3.8) is 0 Å². The van der Waals surface area contributed by atoms with E-state index in [1.165, 1.54) is 0 Å². The quantitative estimate of drug-likeness (QED) is 0.451. The van der Waals surface area contributed by atoms with Crippen molar-refractivity contribution in [1.82, 2.24) is 9.55 Å². The highest BCUT2D eigenvalue weighted by Gasteiger charge is 2.19. The molecule has 0 aliphatic carbocycles. The van der Waals surface area contributed by atoms with E-state index in [2.05, 4.69) is 22.1 Å². The average molecular weight is 450 g/mol. The van der Waals surface area contributed by atoms with Crippen LogP contribution in [0, 0.1) is 25.7 Å². The molecule has 168 valence electrons. The number of carbonyl (C=O) groups excluding carboxylic acids is 1. The maximum Gasteiger partial charge on any atom is 0.257 e. The third-order valence-corrected chi connectivity index (χ3v) is 5.58. The molecule has 1 N–H and O–H groups in total. The van der Waals surface area contributed by atoms with Gasteiger partial charge in [0.05, 0.1) is 5.56 Å². The molecule has 1 aliphatic heterocycles. The van der Waals surface area contributed by atoms with E-state index in [4.69, 9.17) is 9.47 Å². The predicted molar refractivity (Wildman–Crippen MR) is 131 cm³/mol. The molecule has 34 heavy (non-hydrogen) atoms. The molecule has 0 unspecified atom stereocenters. The number of hydrogen-bond acceptors (Lipinski definition) is 4. The number of carbonyl (C=O) groups is 1. The zero-order valence-electron chi connectivity index (χ0n) is 19.0. The van der Waals surface area contributed by atoms with Crippen LogP contribution in [0.1, 0.15) is 33.0 Å². The summed E-state index contributed by atoms with van der Waals surface area (Å²) in [6, 6.07) is 20.8. The van der Waals surface area contributed by atoms with Gasteiger partial charge in [-0.1, -0.05) is 18.1 Å². The van der Waals surface area contributed by atoms with Gasteiger partial charge in [-0.2, -0.15) is 0 Å². The van der Waals surface area contributed by atoms with E-state index in [9.17, 15) is 4.79 Å². The minimum atomic E-state index is -0.174. The maximum atomic E-state index is 13.1. The van der Waals surface area contributed by atoms with E-state index in [1.807, 2.05) is 85.1 Å². The first-order valence-corrected chi connectivity index (χ1v) is 11.0. The number of aromatic nitrogens is 2. The van der Waals surface area contributed by atoms with Gasteiger partial charge in [0.15, 0.2) is 11.5 Å². The van der Waals surface area contributed by atoms with Gasteiger partial charge in [-0.15, -0.1) is 0 Å². The van der Waals surface area contributed by atoms with Crippen LogP contribution in [0.25, 0.3) is 5.69 Å². The van der Waals surface area contributed by atoms with E-state index in [-0.39, 0.29) is 5.91 Å². The van der Waals surface area contributed by atoms with Gasteiger partial charge in [0, 0.05) is 40.6 Å². The first-order chi connectivity index (χ1) is 16.6. The summed E-state index contributed by atoms with van der Waals surface area (Å²) in [4.78, 5) is 17.4. The fourth-order valence-corrected chi connectivity index (χ4v) is 4.01. The molecule has 0 saturated carbocycles. The number of anilines is 1. The summed E-state index contributed by atoms with van der Waals surface area (Å²) >= 11 is 0. The van der Waals surface area contributed by atoms with Crippen molar-refractivity contribution in [1.29, 1.82) is 0 Å². The Kier molecular flexibility index (Phi) is 5.75. The highest BCUT2D eigenvalue weighted by atomic mass is 16.6. The summed E-state index contributed by atoms with van der Waals surface area (Å²) in [5.74, 6) is 7.41. The molecule has 1 amide bonds. The molecule has 0 saturated heterocycles. The summed E-state index contributed by atoms with van der Waals surface area (Å²) in [6.45, 7) is 5.00. The van der Waals surface area contributed by atoms with Crippen molar-refractivity contribution in [3.8, 4) is 29.0 Å². The van der Waals surface area contributed by atoms with E-state index in [0.29, 0.717) is 35.9 Å². The molecule has 6 heteroatoms. The van der Waals surface area contributed by atoms with Gasteiger partial charge in [0.1, 0.15) is 18.9 Å². The predicted octanol–water partition coefficient (Wildman–Crippen LogP) is 4.91. The minimum Gasteiger partial charge on any atom is -0.486 e. The van der Waals surface area contributed by atoms with Gasteiger partial charge in [0.2, 0.25) is 0 Å². The fourth-order valence-electron chi connectivity index (χ4n) is 4.01. The van der Waals surface area contributed by atoms with Crippen molar-refractivity contribution >= 4 is 11.6 Å². The van der Waals surface area contributed by atoms with E-state index in [1.54, 1.807) is 6.20 Å². The van der Waals surface area contributed by atoms with Crippen LogP contribution in [-0.4, -0.2) is 28.7 Å². The van der Waals surface area contributed by atoms with Crippen molar-refractivity contribution < 1.29 is 14.3 Å². The molecule has 0 fully saturated rings. The monoisotopic (exact) mass is 449 g/mol. The summed E-state index contributed by atoms with van der Waals surface area (Å²) in [6.07, 6.45) is 1.71. The Labute approximate surface area is 198 Å². The molecule has 1 aliphatic rings. The molecule has 2 aromatic heterocycles. The van der Waals surface area contributed by atoms with Crippen LogP contribution in [-0.2, 0) is 0 Å². The molecular weight excluding hydrogens is 426 g/mol. The lowest BCUT2D eigenvalue weighted by molar-refractivity contribution is 0.102. The van der Waals surface area contributed by atoms with Gasteiger partial charge in [0.25, 0.3) is 5.91 Å². The zero-order chi connectivity index (χ0) is 23.5. The molecule has 0 spiro atoms. The fraction of sp³-hybridized carbons (Fsp3) is 0.143. The molecule has 6 nitrogen and oxygen atoms in total. The van der Waals surface area contributed by atoms with Crippen molar-refractivity contribution in [3.05, 3.63) is 101 Å². The van der Waals surface area contributed by atoms with Gasteiger partial charge in [-0.3, -0.25) is 4.79 Å². The number of nitrogens with zero attached hydrogens (tertiary/aromatic N) is 2. The lowest BCUT2D eigenvalue weighted by Crippen LogP contribution is -2.16. The molecule has 4 aromatic rings. The van der Waals surface area contributed by atoms with Crippen LogP contribution in [0.4, 0.5) is 5.69 Å². The number of pyridine rings is 1. The largest absolute Gasteiger partial charge is 0.486 e. The third-order valence-electron chi connectivity index (χ3n) is 5.58. The normalized spacial score (nSPS) is 11.9. The van der Waals surface area contributed by atoms with E-state index >= 15 is 0 Å². The second-order valence-electron chi connectivity index (χ2n) is 7.95. The minimum absolute atomic E-state index is 0.174. The number of amides is 1. The van der Waals surface area contributed by atoms with Crippen LogP contribution in [0.15, 0.2) is 72.9 Å². The Morgan fingerprint density at radius 2 is 1.79 bits per heavy atom. The van der Waals surface area contributed by atoms with Crippen LogP contribution < -0.4 is 14.8 Å². The van der Waals surface area contributed by atoms with Gasteiger partial charge in [-0.25, -0.2) is 4.98 Å². The van der Waals surface area contributed by atoms with Crippen molar-refractivity contribution in [2.24, 2.45) is 0 Å². The lowest BCUT2D eigenvalue weighted by Gasteiger charge is -2.20. The molecule has 3 heterocycles. The average Bonchev–Trinajstić information content (AvgIpc) is 3.17. The van der Waals surface area contributed by atoms with Crippen molar-refractivity contribution in [2.45, 2.75) is 13.8 Å². The topological polar surface area (TPSA) is 65.4 Å². The number of aryl methyl sites for hydroxylation is 1. The standard InChI is InChI=1S/C28H23N3O3/c1-19-16-25(20(2)31(19)24-11-12-26-27(18-24)34-15-14-33-26)28(32)30-23-8-5-6-21(17-23)9-10-22-7-3-4-13-29-22/h3-8,11-13,16-18H,14-15H2,1-2H3,(H,30,32). The maximum absolute atomic E-state index is 13.1. The molecule has 2 aromatic carbocycles. The lowest BCUT2D eigenvalue weighted by atomic mass is 10.1. The Hall–Kier alpha value is -4.50. The number of hydrogen-bond donors (Lipinski definition) is 1. The first-order valence-electron chi connectivity index (χ1n) is 11.0. The van der Waals surface area contributed by atoms with E-state index < -0.39 is 0 Å². The Morgan fingerprint density at radius 1 is 0.941 bits per heavy atom. The number of nitrogens with one attached hydrogen (secondary N) is 1. The summed E-state index contributed by atoms with van der Waals surface area (Å²) < 4.78 is 13.4. The van der Waals surface area contributed by atoms with Gasteiger partial charge in [-0.05, 0) is 68.3 Å². The molecule has 0 atom stereocenters. The second-order valence-corrected chi connectivity index (χ2v) is 7.95. The number of fused-ring (bicyclic) bond motifs is 1. The SMILES string of the molecule is Cc1cc(C(=O)Nc2cccc(C#Cc3ccccn3)c2)c(C)n1-c1ccc2c(c1)OCCO2. The number of benzene rings is 2. The van der Waals surface area contributed by atoms with Crippen LogP contribution in [0.2, 0.25) is 0 Å². The molecular formula is C28H23N3O3. The molecule has 0 bridgehead atoms. The van der Waals surface area contributed by atoms with E-state index in [0.717, 1.165) is 28.4 Å². The second kappa shape index (κ2) is 9.16. The van der Waals surface area contributed by atoms with Crippen LogP contribution in [0.3, 0.4) is 0 Å². The summed E-state index contributed by atoms with van der Waals surface area (Å²) in [5, 5.41) is 3.00. The first kappa shape index (κ1) is 21.4. The zero-order valence-corrected chi connectivity index (χ0v) is 19.0. The summed E-state index contributed by atoms with van der Waals surface area (Å²) in [5.41, 5.74) is 5.50. The van der Waals surface area contributed by atoms with Crippen LogP contribution in [0.5, 0.6) is 11.5 Å². The number of ether oxygens (including phenoxy) is 2. The van der Waals surface area contributed by atoms with Gasteiger partial charge >= 0.3 is 0 Å². The smallest absolute Gasteiger partial charge is 0.257 e. The molecule has 5 rings (SSSR count). The Bertz CT molecular complexity index is 1430.